The average Bonchev–Trinajstić information content (AvgIpc) is 3.01. The van der Waals surface area contributed by atoms with E-state index in [1.165, 1.54) is 63.5 Å². The van der Waals surface area contributed by atoms with Crippen LogP contribution in [0.1, 0.15) is 95.1 Å². The number of carbonyl (C=O) groups excluding carboxylic acids is 3. The van der Waals surface area contributed by atoms with Crippen molar-refractivity contribution >= 4 is 18.0 Å². The fourth-order valence-corrected chi connectivity index (χ4v) is 4.49. The van der Waals surface area contributed by atoms with Crippen LogP contribution in [-0.4, -0.2) is 53.6 Å². The predicted molar refractivity (Wildman–Crippen MR) is 164 cm³/mol. The molecule has 0 heterocycles. The first-order chi connectivity index (χ1) is 20.9. The third-order valence-corrected chi connectivity index (χ3v) is 7.00. The monoisotopic (exact) mass is 599 g/mol. The highest BCUT2D eigenvalue weighted by atomic mass is 16.6. The molecule has 1 unspecified atom stereocenters. The molecular weight excluding hydrogens is 550 g/mol. The zero-order chi connectivity index (χ0) is 31.1. The van der Waals surface area contributed by atoms with Crippen LogP contribution in [0.3, 0.4) is 0 Å². The maximum atomic E-state index is 12.8. The number of carbonyl (C=O) groups is 3. The van der Waals surface area contributed by atoms with E-state index in [9.17, 15) is 24.6 Å². The van der Waals surface area contributed by atoms with Gasteiger partial charge in [-0.25, -0.2) is 9.59 Å². The Hall–Kier alpha value is -3.59. The van der Waals surface area contributed by atoms with Gasteiger partial charge in [-0.15, -0.1) is 0 Å². The van der Waals surface area contributed by atoms with E-state index in [0.29, 0.717) is 5.56 Å². The SMILES string of the molecule is CCCCCCCCCCCCCC(=O)OCC(O)COC(=O)[C@H](Cc1ccc(O)cc1)NC(=O)OCc1ccccc1. The number of benzene rings is 2. The second kappa shape index (κ2) is 22.0. The molecule has 0 aliphatic heterocycles. The third-order valence-electron chi connectivity index (χ3n) is 7.00. The zero-order valence-electron chi connectivity index (χ0n) is 25.5. The van der Waals surface area contributed by atoms with E-state index in [1.54, 1.807) is 12.1 Å². The van der Waals surface area contributed by atoms with Crippen molar-refractivity contribution in [1.82, 2.24) is 5.32 Å². The van der Waals surface area contributed by atoms with Crippen LogP contribution in [0.15, 0.2) is 54.6 Å². The molecule has 0 aliphatic rings. The van der Waals surface area contributed by atoms with Gasteiger partial charge in [-0.05, 0) is 29.7 Å². The van der Waals surface area contributed by atoms with Crippen molar-refractivity contribution in [3.63, 3.8) is 0 Å². The highest BCUT2D eigenvalue weighted by molar-refractivity contribution is 5.81. The second-order valence-corrected chi connectivity index (χ2v) is 10.9. The van der Waals surface area contributed by atoms with Gasteiger partial charge in [0.2, 0.25) is 0 Å². The number of rotatable bonds is 22. The lowest BCUT2D eigenvalue weighted by Gasteiger charge is -2.19. The van der Waals surface area contributed by atoms with Crippen molar-refractivity contribution in [2.45, 2.75) is 109 Å². The highest BCUT2D eigenvalue weighted by Crippen LogP contribution is 2.14. The number of alkyl carbamates (subject to hydrolysis) is 1. The summed E-state index contributed by atoms with van der Waals surface area (Å²) in [6.45, 7) is 1.55. The second-order valence-electron chi connectivity index (χ2n) is 10.9. The summed E-state index contributed by atoms with van der Waals surface area (Å²) in [6, 6.07) is 14.2. The van der Waals surface area contributed by atoms with E-state index in [2.05, 4.69) is 12.2 Å². The van der Waals surface area contributed by atoms with Crippen LogP contribution in [0, 0.1) is 0 Å². The number of unbranched alkanes of at least 4 members (excludes halogenated alkanes) is 10. The molecule has 2 aromatic rings. The summed E-state index contributed by atoms with van der Waals surface area (Å²) >= 11 is 0. The maximum absolute atomic E-state index is 12.8. The number of hydrogen-bond acceptors (Lipinski definition) is 8. The van der Waals surface area contributed by atoms with Gasteiger partial charge < -0.3 is 29.7 Å². The lowest BCUT2D eigenvalue weighted by atomic mass is 10.1. The number of hydrogen-bond donors (Lipinski definition) is 3. The van der Waals surface area contributed by atoms with Gasteiger partial charge in [0.05, 0.1) is 0 Å². The Bertz CT molecular complexity index is 1040. The van der Waals surface area contributed by atoms with Crippen LogP contribution in [-0.2, 0) is 36.8 Å². The minimum atomic E-state index is -1.20. The number of aliphatic hydroxyl groups excluding tert-OH is 1. The predicted octanol–water partition coefficient (Wildman–Crippen LogP) is 6.38. The number of nitrogens with one attached hydrogen (secondary N) is 1. The lowest BCUT2D eigenvalue weighted by Crippen LogP contribution is -2.44. The fourth-order valence-electron chi connectivity index (χ4n) is 4.49. The summed E-state index contributed by atoms with van der Waals surface area (Å²) < 4.78 is 15.6. The number of phenols is 1. The van der Waals surface area contributed by atoms with E-state index in [-0.39, 0.29) is 31.8 Å². The van der Waals surface area contributed by atoms with E-state index in [4.69, 9.17) is 14.2 Å². The molecule has 9 heteroatoms. The first kappa shape index (κ1) is 35.6. The van der Waals surface area contributed by atoms with Crippen molar-refractivity contribution in [2.75, 3.05) is 13.2 Å². The molecule has 2 rings (SSSR count). The highest BCUT2D eigenvalue weighted by Gasteiger charge is 2.25. The van der Waals surface area contributed by atoms with Crippen LogP contribution in [0.5, 0.6) is 5.75 Å². The Kier molecular flexibility index (Phi) is 18.2. The number of aromatic hydroxyl groups is 1. The van der Waals surface area contributed by atoms with Crippen LogP contribution in [0.2, 0.25) is 0 Å². The molecule has 2 aromatic carbocycles. The quantitative estimate of drug-likeness (QED) is 0.0807. The number of aliphatic hydroxyl groups is 1. The lowest BCUT2D eigenvalue weighted by molar-refractivity contribution is -0.153. The van der Waals surface area contributed by atoms with Crippen molar-refractivity contribution in [1.29, 1.82) is 0 Å². The maximum Gasteiger partial charge on any atom is 0.408 e. The molecule has 2 atom stereocenters. The molecule has 0 fully saturated rings. The first-order valence-corrected chi connectivity index (χ1v) is 15.6. The number of esters is 2. The van der Waals surface area contributed by atoms with Crippen molar-refractivity contribution in [3.05, 3.63) is 65.7 Å². The van der Waals surface area contributed by atoms with Gasteiger partial charge in [0.1, 0.15) is 37.7 Å². The molecular formula is C34H49NO8. The summed E-state index contributed by atoms with van der Waals surface area (Å²) in [7, 11) is 0. The van der Waals surface area contributed by atoms with Gasteiger partial charge in [0.25, 0.3) is 0 Å². The van der Waals surface area contributed by atoms with Crippen molar-refractivity contribution < 1.29 is 38.8 Å². The van der Waals surface area contributed by atoms with E-state index >= 15 is 0 Å². The summed E-state index contributed by atoms with van der Waals surface area (Å²) in [4.78, 5) is 37.3. The molecule has 1 amide bonds. The normalized spacial score (nSPS) is 12.2. The minimum Gasteiger partial charge on any atom is -0.508 e. The summed E-state index contributed by atoms with van der Waals surface area (Å²) in [5.41, 5.74) is 1.46. The topological polar surface area (TPSA) is 131 Å². The van der Waals surface area contributed by atoms with Gasteiger partial charge in [-0.2, -0.15) is 0 Å². The third kappa shape index (κ3) is 17.2. The van der Waals surface area contributed by atoms with Gasteiger partial charge in [0.15, 0.2) is 0 Å². The Morgan fingerprint density at radius 1 is 0.721 bits per heavy atom. The Morgan fingerprint density at radius 3 is 1.93 bits per heavy atom. The fraction of sp³-hybridized carbons (Fsp3) is 0.559. The van der Waals surface area contributed by atoms with Gasteiger partial charge >= 0.3 is 18.0 Å². The molecule has 0 bridgehead atoms. The Labute approximate surface area is 255 Å². The largest absolute Gasteiger partial charge is 0.508 e. The molecule has 0 saturated heterocycles. The molecule has 238 valence electrons. The van der Waals surface area contributed by atoms with Gasteiger partial charge in [-0.3, -0.25) is 4.79 Å². The van der Waals surface area contributed by atoms with Crippen LogP contribution in [0.25, 0.3) is 0 Å². The molecule has 0 spiro atoms. The number of ether oxygens (including phenoxy) is 3. The standard InChI is InChI=1S/C34H49NO8/c1-2-3-4-5-6-7-8-9-10-11-15-18-32(38)41-25-30(37)26-42-33(39)31(23-27-19-21-29(36)22-20-27)35-34(40)43-24-28-16-13-12-14-17-28/h12-14,16-17,19-22,30-31,36-37H,2-11,15,18,23-26H2,1H3,(H,35,40)/t30?,31-/m0/s1. The summed E-state index contributed by atoms with van der Waals surface area (Å²) in [5, 5.41) is 22.3. The van der Waals surface area contributed by atoms with Crippen molar-refractivity contribution in [2.24, 2.45) is 0 Å². The molecule has 0 saturated carbocycles. The Balaban J connectivity index is 1.67. The van der Waals surface area contributed by atoms with Crippen LogP contribution in [0.4, 0.5) is 4.79 Å². The van der Waals surface area contributed by atoms with Crippen LogP contribution < -0.4 is 5.32 Å². The molecule has 9 nitrogen and oxygen atoms in total. The van der Waals surface area contributed by atoms with Crippen molar-refractivity contribution in [3.8, 4) is 5.75 Å². The zero-order valence-corrected chi connectivity index (χ0v) is 25.5. The average molecular weight is 600 g/mol. The number of phenolic OH excluding ortho intramolecular Hbond substituents is 1. The van der Waals surface area contributed by atoms with Crippen LogP contribution >= 0.6 is 0 Å². The molecule has 3 N–H and O–H groups in total. The smallest absolute Gasteiger partial charge is 0.408 e. The molecule has 43 heavy (non-hydrogen) atoms. The summed E-state index contributed by atoms with van der Waals surface area (Å²) in [6.07, 6.45) is 11.4. The number of amides is 1. The molecule has 0 aromatic heterocycles. The minimum absolute atomic E-state index is 0.0247. The van der Waals surface area contributed by atoms with E-state index < -0.39 is 36.8 Å². The summed E-state index contributed by atoms with van der Waals surface area (Å²) in [5.74, 6) is -1.11. The Morgan fingerprint density at radius 2 is 1.30 bits per heavy atom. The first-order valence-electron chi connectivity index (χ1n) is 15.6. The molecule has 0 aliphatic carbocycles. The van der Waals surface area contributed by atoms with E-state index in [1.807, 2.05) is 30.3 Å². The van der Waals surface area contributed by atoms with Gasteiger partial charge in [0, 0.05) is 12.8 Å². The molecule has 0 radical (unpaired) electrons. The van der Waals surface area contributed by atoms with E-state index in [0.717, 1.165) is 24.8 Å². The van der Waals surface area contributed by atoms with Gasteiger partial charge in [-0.1, -0.05) is 114 Å².